The molecular formula is C11H20N2O2. The van der Waals surface area contributed by atoms with E-state index in [0.29, 0.717) is 25.6 Å². The zero-order valence-corrected chi connectivity index (χ0v) is 9.49. The summed E-state index contributed by atoms with van der Waals surface area (Å²) >= 11 is 0. The summed E-state index contributed by atoms with van der Waals surface area (Å²) in [5.74, 6) is 0.560. The van der Waals surface area contributed by atoms with Crippen molar-refractivity contribution < 1.29 is 9.90 Å². The lowest BCUT2D eigenvalue weighted by Gasteiger charge is -2.46. The molecule has 0 unspecified atom stereocenters. The minimum atomic E-state index is -0.474. The van der Waals surface area contributed by atoms with Gasteiger partial charge in [0.1, 0.15) is 0 Å². The molecule has 0 aromatic heterocycles. The number of carbonyl (C=O) groups is 1. The third-order valence-corrected chi connectivity index (χ3v) is 3.15. The van der Waals surface area contributed by atoms with Gasteiger partial charge in [-0.3, -0.25) is 9.69 Å². The van der Waals surface area contributed by atoms with Crippen molar-refractivity contribution in [2.24, 2.45) is 5.92 Å². The highest BCUT2D eigenvalue weighted by Crippen LogP contribution is 2.44. The number of amides is 1. The van der Waals surface area contributed by atoms with Crippen LogP contribution in [0.5, 0.6) is 0 Å². The summed E-state index contributed by atoms with van der Waals surface area (Å²) in [6, 6.07) is 0.195. The number of aliphatic hydroxyl groups is 1. The van der Waals surface area contributed by atoms with Crippen molar-refractivity contribution in [2.75, 3.05) is 19.6 Å². The van der Waals surface area contributed by atoms with Crippen molar-refractivity contribution in [2.45, 2.75) is 38.3 Å². The van der Waals surface area contributed by atoms with Gasteiger partial charge in [-0.05, 0) is 32.6 Å². The molecule has 2 aliphatic rings. The molecule has 0 spiro atoms. The molecule has 0 radical (unpaired) electrons. The van der Waals surface area contributed by atoms with E-state index >= 15 is 0 Å². The number of β-amino-alcohol motifs (C(OH)–C–C–N with tert-alkyl or cyclic N) is 1. The van der Waals surface area contributed by atoms with Gasteiger partial charge in [0, 0.05) is 19.1 Å². The molecular weight excluding hydrogens is 192 g/mol. The molecule has 0 bridgehead atoms. The molecule has 0 atom stereocenters. The highest BCUT2D eigenvalue weighted by molar-refractivity contribution is 5.78. The SMILES string of the molecule is CC(C)NC(=O)CN1CC(O)(C2CC2)C1. The lowest BCUT2D eigenvalue weighted by molar-refractivity contribution is -0.136. The van der Waals surface area contributed by atoms with Crippen LogP contribution in [0.15, 0.2) is 0 Å². The number of nitrogens with one attached hydrogen (secondary N) is 1. The van der Waals surface area contributed by atoms with E-state index in [2.05, 4.69) is 5.32 Å². The summed E-state index contributed by atoms with van der Waals surface area (Å²) in [6.07, 6.45) is 2.31. The maximum atomic E-state index is 11.4. The summed E-state index contributed by atoms with van der Waals surface area (Å²) in [4.78, 5) is 13.4. The van der Waals surface area contributed by atoms with Crippen LogP contribution in [0.2, 0.25) is 0 Å². The molecule has 1 aliphatic carbocycles. The average molecular weight is 212 g/mol. The Morgan fingerprint density at radius 2 is 2.13 bits per heavy atom. The fourth-order valence-electron chi connectivity index (χ4n) is 2.29. The Labute approximate surface area is 90.6 Å². The number of rotatable bonds is 4. The van der Waals surface area contributed by atoms with Crippen molar-refractivity contribution in [1.29, 1.82) is 0 Å². The van der Waals surface area contributed by atoms with E-state index in [1.54, 1.807) is 0 Å². The first-order valence-corrected chi connectivity index (χ1v) is 5.74. The van der Waals surface area contributed by atoms with Crippen LogP contribution in [-0.4, -0.2) is 47.2 Å². The second kappa shape index (κ2) is 3.76. The molecule has 4 heteroatoms. The monoisotopic (exact) mass is 212 g/mol. The molecule has 1 saturated heterocycles. The van der Waals surface area contributed by atoms with E-state index in [9.17, 15) is 9.90 Å². The summed E-state index contributed by atoms with van der Waals surface area (Å²) < 4.78 is 0. The van der Waals surface area contributed by atoms with Gasteiger partial charge in [0.05, 0.1) is 12.1 Å². The van der Waals surface area contributed by atoms with Crippen LogP contribution in [0.3, 0.4) is 0 Å². The molecule has 2 fully saturated rings. The normalized spacial score (nSPS) is 25.1. The van der Waals surface area contributed by atoms with Crippen LogP contribution in [-0.2, 0) is 4.79 Å². The Bertz CT molecular complexity index is 255. The fraction of sp³-hybridized carbons (Fsp3) is 0.909. The smallest absolute Gasteiger partial charge is 0.234 e. The molecule has 1 amide bonds. The molecule has 0 aromatic carbocycles. The van der Waals surface area contributed by atoms with Gasteiger partial charge >= 0.3 is 0 Å². The van der Waals surface area contributed by atoms with Crippen LogP contribution >= 0.6 is 0 Å². The molecule has 1 heterocycles. The van der Waals surface area contributed by atoms with Gasteiger partial charge in [0.2, 0.25) is 5.91 Å². The van der Waals surface area contributed by atoms with Gasteiger partial charge in [-0.2, -0.15) is 0 Å². The number of likely N-dealkylation sites (tertiary alicyclic amines) is 1. The molecule has 1 saturated carbocycles. The topological polar surface area (TPSA) is 52.6 Å². The van der Waals surface area contributed by atoms with Crippen molar-refractivity contribution in [1.82, 2.24) is 10.2 Å². The second-order valence-corrected chi connectivity index (χ2v) is 5.25. The molecule has 1 aliphatic heterocycles. The van der Waals surface area contributed by atoms with Crippen LogP contribution in [0.25, 0.3) is 0 Å². The Morgan fingerprint density at radius 1 is 1.53 bits per heavy atom. The molecule has 4 nitrogen and oxygen atoms in total. The van der Waals surface area contributed by atoms with Gasteiger partial charge in [-0.25, -0.2) is 0 Å². The van der Waals surface area contributed by atoms with Crippen molar-refractivity contribution in [3.63, 3.8) is 0 Å². The zero-order valence-electron chi connectivity index (χ0n) is 9.49. The van der Waals surface area contributed by atoms with Gasteiger partial charge in [-0.1, -0.05) is 0 Å². The van der Waals surface area contributed by atoms with Crippen molar-refractivity contribution in [3.05, 3.63) is 0 Å². The summed E-state index contributed by atoms with van der Waals surface area (Å²) in [5, 5.41) is 12.9. The predicted octanol–water partition coefficient (Wildman–Crippen LogP) is -0.0323. The first kappa shape index (κ1) is 10.9. The number of carbonyl (C=O) groups excluding carboxylic acids is 1. The minimum Gasteiger partial charge on any atom is -0.387 e. The van der Waals surface area contributed by atoms with E-state index in [0.717, 1.165) is 12.8 Å². The van der Waals surface area contributed by atoms with E-state index in [1.165, 1.54) is 0 Å². The summed E-state index contributed by atoms with van der Waals surface area (Å²) in [5.41, 5.74) is -0.474. The third-order valence-electron chi connectivity index (χ3n) is 3.15. The quantitative estimate of drug-likeness (QED) is 0.688. The molecule has 86 valence electrons. The Morgan fingerprint density at radius 3 is 2.60 bits per heavy atom. The van der Waals surface area contributed by atoms with Crippen LogP contribution in [0.4, 0.5) is 0 Å². The first-order chi connectivity index (χ1) is 6.99. The standard InChI is InChI=1S/C11H20N2O2/c1-8(2)12-10(14)5-13-6-11(15,7-13)9-3-4-9/h8-9,15H,3-7H2,1-2H3,(H,12,14). The number of hydrogen-bond donors (Lipinski definition) is 2. The maximum absolute atomic E-state index is 11.4. The van der Waals surface area contributed by atoms with Gasteiger partial charge in [0.25, 0.3) is 0 Å². The van der Waals surface area contributed by atoms with Gasteiger partial charge in [0.15, 0.2) is 0 Å². The number of nitrogens with zero attached hydrogens (tertiary/aromatic N) is 1. The molecule has 2 N–H and O–H groups in total. The predicted molar refractivity (Wildman–Crippen MR) is 57.4 cm³/mol. The third kappa shape index (κ3) is 2.49. The van der Waals surface area contributed by atoms with E-state index in [-0.39, 0.29) is 11.9 Å². The largest absolute Gasteiger partial charge is 0.387 e. The minimum absolute atomic E-state index is 0.0582. The van der Waals surface area contributed by atoms with Crippen molar-refractivity contribution >= 4 is 5.91 Å². The van der Waals surface area contributed by atoms with Crippen LogP contribution in [0.1, 0.15) is 26.7 Å². The van der Waals surface area contributed by atoms with Gasteiger partial charge in [-0.15, -0.1) is 0 Å². The van der Waals surface area contributed by atoms with E-state index in [4.69, 9.17) is 0 Å². The first-order valence-electron chi connectivity index (χ1n) is 5.74. The Balaban J connectivity index is 1.68. The second-order valence-electron chi connectivity index (χ2n) is 5.25. The Kier molecular flexibility index (Phi) is 2.73. The van der Waals surface area contributed by atoms with Crippen LogP contribution in [0, 0.1) is 5.92 Å². The van der Waals surface area contributed by atoms with Crippen LogP contribution < -0.4 is 5.32 Å². The van der Waals surface area contributed by atoms with Gasteiger partial charge < -0.3 is 10.4 Å². The maximum Gasteiger partial charge on any atom is 0.234 e. The fourth-order valence-corrected chi connectivity index (χ4v) is 2.29. The highest BCUT2D eigenvalue weighted by Gasteiger charge is 2.51. The lowest BCUT2D eigenvalue weighted by atomic mass is 9.89. The lowest BCUT2D eigenvalue weighted by Crippen LogP contribution is -2.64. The molecule has 15 heavy (non-hydrogen) atoms. The highest BCUT2D eigenvalue weighted by atomic mass is 16.3. The van der Waals surface area contributed by atoms with Crippen molar-refractivity contribution in [3.8, 4) is 0 Å². The summed E-state index contributed by atoms with van der Waals surface area (Å²) in [6.45, 7) is 5.67. The summed E-state index contributed by atoms with van der Waals surface area (Å²) in [7, 11) is 0. The van der Waals surface area contributed by atoms with E-state index in [1.807, 2.05) is 18.7 Å². The number of hydrogen-bond acceptors (Lipinski definition) is 3. The Hall–Kier alpha value is -0.610. The molecule has 0 aromatic rings. The average Bonchev–Trinajstić information content (AvgIpc) is 2.80. The molecule has 2 rings (SSSR count). The zero-order chi connectivity index (χ0) is 11.1. The van der Waals surface area contributed by atoms with E-state index < -0.39 is 5.60 Å².